The number of hydrogen-bond acceptors (Lipinski definition) is 7. The Balaban J connectivity index is 1.25. The maximum Gasteiger partial charge on any atom is 0.253 e. The average Bonchev–Trinajstić information content (AvgIpc) is 2.88. The molecule has 1 aromatic carbocycles. The number of aliphatic hydroxyl groups is 1. The van der Waals surface area contributed by atoms with Gasteiger partial charge in [-0.15, -0.1) is 0 Å². The minimum Gasteiger partial charge on any atom is -0.437 e. The summed E-state index contributed by atoms with van der Waals surface area (Å²) in [4.78, 5) is 24.6. The highest BCUT2D eigenvalue weighted by Crippen LogP contribution is 2.42. The van der Waals surface area contributed by atoms with Crippen LogP contribution in [0.3, 0.4) is 0 Å². The van der Waals surface area contributed by atoms with Crippen LogP contribution in [-0.4, -0.2) is 57.7 Å². The number of halogens is 2. The zero-order valence-corrected chi connectivity index (χ0v) is 21.1. The molecule has 0 saturated carbocycles. The lowest BCUT2D eigenvalue weighted by Gasteiger charge is -2.55. The molecule has 196 valence electrons. The highest BCUT2D eigenvalue weighted by Gasteiger charge is 2.49. The number of nitrogens with zero attached hydrogens (tertiary/aromatic N) is 5. The van der Waals surface area contributed by atoms with Crippen LogP contribution in [0.4, 0.5) is 14.5 Å². The van der Waals surface area contributed by atoms with Gasteiger partial charge in [0.1, 0.15) is 17.4 Å². The van der Waals surface area contributed by atoms with E-state index >= 15 is 0 Å². The molecule has 2 aliphatic rings. The lowest BCUT2D eigenvalue weighted by Crippen LogP contribution is -2.64. The third kappa shape index (κ3) is 5.02. The highest BCUT2D eigenvalue weighted by atomic mass is 19.2. The molecule has 38 heavy (non-hydrogen) atoms. The molecule has 8 nitrogen and oxygen atoms in total. The maximum atomic E-state index is 13.6. The summed E-state index contributed by atoms with van der Waals surface area (Å²) < 4.78 is 32.8. The highest BCUT2D eigenvalue weighted by molar-refractivity contribution is 5.85. The van der Waals surface area contributed by atoms with Gasteiger partial charge in [-0.1, -0.05) is 6.07 Å². The molecule has 0 atom stereocenters. The number of amides is 1. The molecule has 0 radical (unpaired) electrons. The number of carbonyl (C=O) groups excluding carboxylic acids is 1. The van der Waals surface area contributed by atoms with E-state index in [4.69, 9.17) is 4.74 Å². The van der Waals surface area contributed by atoms with Gasteiger partial charge in [-0.2, -0.15) is 5.26 Å². The summed E-state index contributed by atoms with van der Waals surface area (Å²) in [6.07, 6.45) is 4.73. The van der Waals surface area contributed by atoms with Crippen LogP contribution >= 0.6 is 0 Å². The molecule has 0 unspecified atom stereocenters. The predicted octanol–water partition coefficient (Wildman–Crippen LogP) is 4.29. The maximum absolute atomic E-state index is 13.6. The summed E-state index contributed by atoms with van der Waals surface area (Å²) in [5.41, 5.74) is 0.620. The van der Waals surface area contributed by atoms with Crippen LogP contribution in [0, 0.1) is 28.4 Å². The van der Waals surface area contributed by atoms with Gasteiger partial charge in [-0.05, 0) is 56.5 Å². The van der Waals surface area contributed by atoms with Crippen molar-refractivity contribution in [2.45, 2.75) is 32.3 Å². The molecule has 1 N–H and O–H groups in total. The molecule has 2 aliphatic heterocycles. The van der Waals surface area contributed by atoms with Gasteiger partial charge in [0.05, 0.1) is 11.9 Å². The molecular weight excluding hydrogens is 492 g/mol. The fourth-order valence-corrected chi connectivity index (χ4v) is 5.09. The van der Waals surface area contributed by atoms with Crippen molar-refractivity contribution in [2.24, 2.45) is 5.41 Å². The van der Waals surface area contributed by atoms with Gasteiger partial charge in [-0.25, -0.2) is 13.8 Å². The Bertz CT molecular complexity index is 1420. The van der Waals surface area contributed by atoms with E-state index in [2.05, 4.69) is 20.9 Å². The van der Waals surface area contributed by atoms with Crippen LogP contribution in [0.15, 0.2) is 48.8 Å². The summed E-state index contributed by atoms with van der Waals surface area (Å²) in [6.45, 7) is 5.73. The number of piperidine rings is 1. The van der Waals surface area contributed by atoms with Gasteiger partial charge in [0, 0.05) is 49.4 Å². The van der Waals surface area contributed by atoms with Crippen molar-refractivity contribution >= 4 is 11.6 Å². The second kappa shape index (κ2) is 9.65. The van der Waals surface area contributed by atoms with Gasteiger partial charge in [0.15, 0.2) is 17.3 Å². The summed E-state index contributed by atoms with van der Waals surface area (Å²) in [7, 11) is 0. The molecule has 5 rings (SSSR count). The van der Waals surface area contributed by atoms with Crippen molar-refractivity contribution in [1.29, 1.82) is 5.26 Å². The minimum absolute atomic E-state index is 0.0478. The van der Waals surface area contributed by atoms with Gasteiger partial charge < -0.3 is 19.6 Å². The topological polar surface area (TPSA) is 103 Å². The molecule has 4 heterocycles. The molecule has 2 fully saturated rings. The average molecular weight is 520 g/mol. The first kappa shape index (κ1) is 25.5. The summed E-state index contributed by atoms with van der Waals surface area (Å²) in [5, 5.41) is 19.8. The van der Waals surface area contributed by atoms with E-state index < -0.39 is 17.2 Å². The van der Waals surface area contributed by atoms with Gasteiger partial charge >= 0.3 is 0 Å². The standard InChI is InChI=1S/C28H27F2N5O3/c1-27(2,37)26(36)35-16-28(17-35)7-9-34(10-8-28)24-5-6-25(33-23(24)13-31)38-20-11-19(14-32-15-20)18-3-4-21(29)22(30)12-18/h3-6,11-12,14-15,37H,7-10,16-17H2,1-2H3. The quantitative estimate of drug-likeness (QED) is 0.537. The zero-order valence-electron chi connectivity index (χ0n) is 21.1. The van der Waals surface area contributed by atoms with Crippen molar-refractivity contribution in [1.82, 2.24) is 14.9 Å². The third-order valence-electron chi connectivity index (χ3n) is 7.17. The van der Waals surface area contributed by atoms with Gasteiger partial charge in [0.2, 0.25) is 5.88 Å². The first-order valence-electron chi connectivity index (χ1n) is 12.3. The number of ether oxygens (including phenoxy) is 1. The predicted molar refractivity (Wildman–Crippen MR) is 135 cm³/mol. The Kier molecular flexibility index (Phi) is 6.49. The van der Waals surface area contributed by atoms with Crippen molar-refractivity contribution in [2.75, 3.05) is 31.1 Å². The van der Waals surface area contributed by atoms with Crippen LogP contribution in [0.1, 0.15) is 32.4 Å². The Hall–Kier alpha value is -4.10. The monoisotopic (exact) mass is 519 g/mol. The van der Waals surface area contributed by atoms with Crippen molar-refractivity contribution < 1.29 is 23.4 Å². The SMILES string of the molecule is CC(C)(O)C(=O)N1CC2(CCN(c3ccc(Oc4cncc(-c5ccc(F)c(F)c5)c4)nc3C#N)CC2)C1. The number of benzene rings is 1. The molecule has 10 heteroatoms. The molecular formula is C28H27F2N5O3. The van der Waals surface area contributed by atoms with Crippen LogP contribution in [-0.2, 0) is 4.79 Å². The van der Waals surface area contributed by atoms with Gasteiger partial charge in [0.25, 0.3) is 5.91 Å². The number of anilines is 1. The van der Waals surface area contributed by atoms with Crippen molar-refractivity contribution in [3.8, 4) is 28.8 Å². The number of aromatic nitrogens is 2. The molecule has 2 saturated heterocycles. The fraction of sp³-hybridized carbons (Fsp3) is 0.357. The van der Waals surface area contributed by atoms with Crippen LogP contribution in [0.25, 0.3) is 11.1 Å². The lowest BCUT2D eigenvalue weighted by atomic mass is 9.71. The molecule has 2 aromatic heterocycles. The second-order valence-electron chi connectivity index (χ2n) is 10.5. The molecule has 1 amide bonds. The van der Waals surface area contributed by atoms with Crippen LogP contribution in [0.5, 0.6) is 11.6 Å². The van der Waals surface area contributed by atoms with Gasteiger partial charge in [-0.3, -0.25) is 9.78 Å². The number of carbonyl (C=O) groups is 1. The Morgan fingerprint density at radius 3 is 2.47 bits per heavy atom. The van der Waals surface area contributed by atoms with Crippen molar-refractivity contribution in [3.05, 3.63) is 66.1 Å². The number of hydrogen-bond donors (Lipinski definition) is 1. The summed E-state index contributed by atoms with van der Waals surface area (Å²) in [6, 6.07) is 10.9. The number of pyridine rings is 2. The largest absolute Gasteiger partial charge is 0.437 e. The number of nitriles is 1. The number of rotatable bonds is 5. The fourth-order valence-electron chi connectivity index (χ4n) is 5.09. The van der Waals surface area contributed by atoms with E-state index in [1.165, 1.54) is 32.3 Å². The molecule has 3 aromatic rings. The van der Waals surface area contributed by atoms with E-state index in [1.54, 1.807) is 23.1 Å². The normalized spacial score (nSPS) is 16.6. The lowest BCUT2D eigenvalue weighted by molar-refractivity contribution is -0.161. The minimum atomic E-state index is -1.37. The Labute approximate surface area is 219 Å². The first-order chi connectivity index (χ1) is 18.1. The van der Waals surface area contributed by atoms with E-state index in [0.29, 0.717) is 35.7 Å². The smallest absolute Gasteiger partial charge is 0.253 e. The third-order valence-corrected chi connectivity index (χ3v) is 7.17. The Morgan fingerprint density at radius 1 is 1.08 bits per heavy atom. The van der Waals surface area contributed by atoms with E-state index in [9.17, 15) is 23.9 Å². The molecule has 0 aliphatic carbocycles. The van der Waals surface area contributed by atoms with Crippen LogP contribution in [0.2, 0.25) is 0 Å². The van der Waals surface area contributed by atoms with E-state index in [-0.39, 0.29) is 22.9 Å². The first-order valence-corrected chi connectivity index (χ1v) is 12.3. The van der Waals surface area contributed by atoms with Crippen LogP contribution < -0.4 is 9.64 Å². The van der Waals surface area contributed by atoms with E-state index in [1.807, 2.05) is 0 Å². The molecule has 0 bridgehead atoms. The molecule has 1 spiro atoms. The van der Waals surface area contributed by atoms with Crippen molar-refractivity contribution in [3.63, 3.8) is 0 Å². The summed E-state index contributed by atoms with van der Waals surface area (Å²) in [5.74, 6) is -1.58. The van der Waals surface area contributed by atoms with E-state index in [0.717, 1.165) is 38.1 Å². The zero-order chi connectivity index (χ0) is 27.1. The summed E-state index contributed by atoms with van der Waals surface area (Å²) >= 11 is 0. The number of likely N-dealkylation sites (tertiary alicyclic amines) is 1. The second-order valence-corrected chi connectivity index (χ2v) is 10.5. The Morgan fingerprint density at radius 2 is 1.82 bits per heavy atom.